The van der Waals surface area contributed by atoms with Crippen LogP contribution in [-0.2, 0) is 4.79 Å². The van der Waals surface area contributed by atoms with Crippen LogP contribution in [0, 0.1) is 5.92 Å². The van der Waals surface area contributed by atoms with Crippen LogP contribution in [0.25, 0.3) is 0 Å². The summed E-state index contributed by atoms with van der Waals surface area (Å²) < 4.78 is 1.09. The smallest absolute Gasteiger partial charge is 0.307 e. The second kappa shape index (κ2) is 5.85. The van der Waals surface area contributed by atoms with Crippen molar-refractivity contribution in [2.75, 3.05) is 13.1 Å². The fourth-order valence-corrected chi connectivity index (χ4v) is 3.19. The summed E-state index contributed by atoms with van der Waals surface area (Å²) in [7, 11) is 0. The molecule has 1 fully saturated rings. The molecule has 2 rings (SSSR count). The van der Waals surface area contributed by atoms with Crippen LogP contribution in [-0.4, -0.2) is 29.1 Å². The Bertz CT molecular complexity index is 436. The van der Waals surface area contributed by atoms with E-state index in [0.29, 0.717) is 6.54 Å². The van der Waals surface area contributed by atoms with Crippen LogP contribution >= 0.6 is 15.9 Å². The Hall–Kier alpha value is -0.870. The number of piperidine rings is 1. The van der Waals surface area contributed by atoms with E-state index in [0.717, 1.165) is 23.9 Å². The van der Waals surface area contributed by atoms with Crippen molar-refractivity contribution in [1.29, 1.82) is 0 Å². The minimum Gasteiger partial charge on any atom is -0.481 e. The molecule has 0 radical (unpaired) electrons. The average molecular weight is 312 g/mol. The molecule has 1 aromatic rings. The Kier molecular flexibility index (Phi) is 4.40. The predicted molar refractivity (Wildman–Crippen MR) is 74.5 cm³/mol. The Morgan fingerprint density at radius 2 is 2.22 bits per heavy atom. The summed E-state index contributed by atoms with van der Waals surface area (Å²) in [5.41, 5.74) is 1.23. The first-order valence-corrected chi connectivity index (χ1v) is 7.10. The summed E-state index contributed by atoms with van der Waals surface area (Å²) in [4.78, 5) is 13.4. The van der Waals surface area contributed by atoms with Crippen LogP contribution in [0.5, 0.6) is 0 Å². The van der Waals surface area contributed by atoms with Crippen molar-refractivity contribution in [2.24, 2.45) is 5.92 Å². The maximum Gasteiger partial charge on any atom is 0.307 e. The summed E-state index contributed by atoms with van der Waals surface area (Å²) in [6.07, 6.45) is 1.76. The lowest BCUT2D eigenvalue weighted by Crippen LogP contribution is -2.40. The number of hydrogen-bond acceptors (Lipinski definition) is 2. The lowest BCUT2D eigenvalue weighted by atomic mass is 9.95. The molecule has 0 amide bonds. The molecule has 2 unspecified atom stereocenters. The second-order valence-corrected chi connectivity index (χ2v) is 5.72. The van der Waals surface area contributed by atoms with Crippen LogP contribution in [0.2, 0.25) is 0 Å². The van der Waals surface area contributed by atoms with E-state index >= 15 is 0 Å². The van der Waals surface area contributed by atoms with Gasteiger partial charge in [-0.1, -0.05) is 34.1 Å². The molecule has 2 atom stereocenters. The quantitative estimate of drug-likeness (QED) is 0.931. The second-order valence-electron chi connectivity index (χ2n) is 4.87. The first kappa shape index (κ1) is 13.6. The molecule has 0 aliphatic carbocycles. The topological polar surface area (TPSA) is 40.5 Å². The van der Waals surface area contributed by atoms with Crippen LogP contribution in [0.15, 0.2) is 28.7 Å². The first-order chi connectivity index (χ1) is 8.59. The van der Waals surface area contributed by atoms with Gasteiger partial charge in [-0.3, -0.25) is 9.69 Å². The molecule has 0 bridgehead atoms. The third-order valence-corrected chi connectivity index (χ3v) is 4.43. The number of carbonyl (C=O) groups is 1. The van der Waals surface area contributed by atoms with E-state index in [1.165, 1.54) is 5.56 Å². The Morgan fingerprint density at radius 3 is 2.89 bits per heavy atom. The van der Waals surface area contributed by atoms with Gasteiger partial charge >= 0.3 is 5.97 Å². The molecule has 1 heterocycles. The highest BCUT2D eigenvalue weighted by molar-refractivity contribution is 9.10. The van der Waals surface area contributed by atoms with Gasteiger partial charge in [0, 0.05) is 17.1 Å². The van der Waals surface area contributed by atoms with E-state index in [1.807, 2.05) is 18.2 Å². The molecule has 1 aliphatic heterocycles. The lowest BCUT2D eigenvalue weighted by Gasteiger charge is -2.35. The molecule has 0 aromatic heterocycles. The third-order valence-electron chi connectivity index (χ3n) is 3.71. The van der Waals surface area contributed by atoms with Crippen molar-refractivity contribution >= 4 is 21.9 Å². The van der Waals surface area contributed by atoms with Gasteiger partial charge < -0.3 is 5.11 Å². The molecule has 0 spiro atoms. The number of halogens is 1. The minimum atomic E-state index is -0.668. The van der Waals surface area contributed by atoms with E-state index in [-0.39, 0.29) is 12.0 Å². The van der Waals surface area contributed by atoms with Crippen LogP contribution in [0.3, 0.4) is 0 Å². The molecule has 0 saturated carbocycles. The summed E-state index contributed by atoms with van der Waals surface area (Å²) >= 11 is 3.56. The minimum absolute atomic E-state index is 0.219. The van der Waals surface area contributed by atoms with Gasteiger partial charge in [0.1, 0.15) is 0 Å². The Morgan fingerprint density at radius 1 is 1.50 bits per heavy atom. The van der Waals surface area contributed by atoms with E-state index in [1.54, 1.807) is 0 Å². The molecule has 1 saturated heterocycles. The lowest BCUT2D eigenvalue weighted by molar-refractivity contribution is -0.143. The van der Waals surface area contributed by atoms with Gasteiger partial charge in [-0.2, -0.15) is 0 Å². The number of rotatable bonds is 3. The number of benzene rings is 1. The van der Waals surface area contributed by atoms with Gasteiger partial charge in [0.15, 0.2) is 0 Å². The zero-order valence-electron chi connectivity index (χ0n) is 10.5. The van der Waals surface area contributed by atoms with E-state index in [9.17, 15) is 4.79 Å². The molecule has 18 heavy (non-hydrogen) atoms. The van der Waals surface area contributed by atoms with Crippen molar-refractivity contribution in [3.63, 3.8) is 0 Å². The Labute approximate surface area is 116 Å². The van der Waals surface area contributed by atoms with Gasteiger partial charge in [0.05, 0.1) is 5.92 Å². The normalized spacial score (nSPS) is 22.7. The van der Waals surface area contributed by atoms with Gasteiger partial charge in [0.25, 0.3) is 0 Å². The summed E-state index contributed by atoms with van der Waals surface area (Å²) in [6.45, 7) is 3.77. The number of hydrogen-bond donors (Lipinski definition) is 1. The van der Waals surface area contributed by atoms with Gasteiger partial charge in [0.2, 0.25) is 0 Å². The SMILES string of the molecule is CC(c1ccccc1Br)N1CCCC(C(=O)O)C1. The zero-order valence-corrected chi connectivity index (χ0v) is 12.1. The highest BCUT2D eigenvalue weighted by Gasteiger charge is 2.28. The zero-order chi connectivity index (χ0) is 13.1. The summed E-state index contributed by atoms with van der Waals surface area (Å²) in [6, 6.07) is 8.40. The van der Waals surface area contributed by atoms with Crippen molar-refractivity contribution in [3.8, 4) is 0 Å². The summed E-state index contributed by atoms with van der Waals surface area (Å²) in [5.74, 6) is -0.886. The standard InChI is InChI=1S/C14H18BrNO2/c1-10(12-6-2-3-7-13(12)15)16-8-4-5-11(9-16)14(17)18/h2-3,6-7,10-11H,4-5,8-9H2,1H3,(H,17,18). The van der Waals surface area contributed by atoms with E-state index in [2.05, 4.69) is 33.8 Å². The first-order valence-electron chi connectivity index (χ1n) is 6.31. The summed E-state index contributed by atoms with van der Waals surface area (Å²) in [5, 5.41) is 9.13. The molecular weight excluding hydrogens is 294 g/mol. The largest absolute Gasteiger partial charge is 0.481 e. The molecule has 98 valence electrons. The van der Waals surface area contributed by atoms with E-state index < -0.39 is 5.97 Å². The van der Waals surface area contributed by atoms with Crippen molar-refractivity contribution in [1.82, 2.24) is 4.90 Å². The molecule has 3 nitrogen and oxygen atoms in total. The van der Waals surface area contributed by atoms with Crippen molar-refractivity contribution in [2.45, 2.75) is 25.8 Å². The maximum atomic E-state index is 11.1. The Balaban J connectivity index is 2.11. The maximum absolute atomic E-state index is 11.1. The highest BCUT2D eigenvalue weighted by atomic mass is 79.9. The van der Waals surface area contributed by atoms with Crippen molar-refractivity contribution in [3.05, 3.63) is 34.3 Å². The van der Waals surface area contributed by atoms with Crippen LogP contribution < -0.4 is 0 Å². The van der Waals surface area contributed by atoms with Gasteiger partial charge in [-0.25, -0.2) is 0 Å². The molecule has 4 heteroatoms. The fraction of sp³-hybridized carbons (Fsp3) is 0.500. The number of carboxylic acids is 1. The average Bonchev–Trinajstić information content (AvgIpc) is 2.38. The van der Waals surface area contributed by atoms with Crippen LogP contribution in [0.4, 0.5) is 0 Å². The number of nitrogens with zero attached hydrogens (tertiary/aromatic N) is 1. The highest BCUT2D eigenvalue weighted by Crippen LogP contribution is 2.30. The van der Waals surface area contributed by atoms with Crippen molar-refractivity contribution < 1.29 is 9.90 Å². The predicted octanol–water partition coefficient (Wildman–Crippen LogP) is 3.31. The molecular formula is C14H18BrNO2. The van der Waals surface area contributed by atoms with Gasteiger partial charge in [-0.05, 0) is 37.9 Å². The van der Waals surface area contributed by atoms with Crippen LogP contribution in [0.1, 0.15) is 31.4 Å². The fourth-order valence-electron chi connectivity index (χ4n) is 2.57. The monoisotopic (exact) mass is 311 g/mol. The molecule has 1 aliphatic rings. The number of carboxylic acid groups (broad SMARTS) is 1. The number of likely N-dealkylation sites (tertiary alicyclic amines) is 1. The molecule has 1 N–H and O–H groups in total. The number of aliphatic carboxylic acids is 1. The third kappa shape index (κ3) is 2.93. The van der Waals surface area contributed by atoms with Gasteiger partial charge in [-0.15, -0.1) is 0 Å². The van der Waals surface area contributed by atoms with E-state index in [4.69, 9.17) is 5.11 Å². The molecule has 1 aromatic carbocycles.